The van der Waals surface area contributed by atoms with Crippen LogP contribution >= 0.6 is 0 Å². The van der Waals surface area contributed by atoms with E-state index in [1.54, 1.807) is 0 Å². The number of carbonyl (C=O) groups is 1. The second-order valence-electron chi connectivity index (χ2n) is 6.02. The van der Waals surface area contributed by atoms with Crippen LogP contribution in [0, 0.1) is 0 Å². The predicted molar refractivity (Wildman–Crippen MR) is 89.2 cm³/mol. The molecule has 3 aromatic rings. The molecule has 1 saturated carbocycles. The van der Waals surface area contributed by atoms with Crippen molar-refractivity contribution in [1.82, 2.24) is 10.3 Å². The van der Waals surface area contributed by atoms with E-state index in [4.69, 9.17) is 4.42 Å². The van der Waals surface area contributed by atoms with Crippen LogP contribution in [0.2, 0.25) is 0 Å². The molecule has 1 aliphatic carbocycles. The maximum Gasteiger partial charge on any atom is 0.251 e. The molecule has 0 radical (unpaired) electrons. The number of para-hydroxylation sites is 2. The molecule has 0 saturated heterocycles. The van der Waals surface area contributed by atoms with Crippen molar-refractivity contribution < 1.29 is 9.21 Å². The third kappa shape index (κ3) is 2.84. The Morgan fingerprint density at radius 2 is 1.78 bits per heavy atom. The summed E-state index contributed by atoms with van der Waals surface area (Å²) in [6.07, 6.45) is 4.60. The Kier molecular flexibility index (Phi) is 3.58. The fraction of sp³-hybridized carbons (Fsp3) is 0.263. The summed E-state index contributed by atoms with van der Waals surface area (Å²) in [5.41, 5.74) is 3.16. The third-order valence-electron chi connectivity index (χ3n) is 4.38. The van der Waals surface area contributed by atoms with Gasteiger partial charge in [-0.15, -0.1) is 0 Å². The first-order chi connectivity index (χ1) is 11.3. The maximum absolute atomic E-state index is 12.2. The number of benzene rings is 2. The number of carbonyl (C=O) groups excluding carboxylic acids is 1. The van der Waals surface area contributed by atoms with E-state index in [0.717, 1.165) is 29.5 Å². The van der Waals surface area contributed by atoms with Gasteiger partial charge in [0.25, 0.3) is 5.91 Å². The predicted octanol–water partition coefficient (Wildman–Crippen LogP) is 4.17. The topological polar surface area (TPSA) is 55.1 Å². The lowest BCUT2D eigenvalue weighted by atomic mass is 10.1. The average Bonchev–Trinajstić information content (AvgIpc) is 3.24. The van der Waals surface area contributed by atoms with Gasteiger partial charge in [0.1, 0.15) is 5.52 Å². The Balaban J connectivity index is 1.54. The van der Waals surface area contributed by atoms with Crippen LogP contribution in [0.3, 0.4) is 0 Å². The second-order valence-corrected chi connectivity index (χ2v) is 6.02. The Bertz CT molecular complexity index is 797. The highest BCUT2D eigenvalue weighted by Crippen LogP contribution is 2.24. The number of fused-ring (bicyclic) bond motifs is 1. The quantitative estimate of drug-likeness (QED) is 0.790. The Hall–Kier alpha value is -2.62. The molecular formula is C19H18N2O2. The molecule has 1 aromatic heterocycles. The van der Waals surface area contributed by atoms with Crippen LogP contribution < -0.4 is 5.32 Å². The molecule has 0 aliphatic heterocycles. The largest absolute Gasteiger partial charge is 0.436 e. The van der Waals surface area contributed by atoms with Crippen LogP contribution in [0.5, 0.6) is 0 Å². The molecule has 0 bridgehead atoms. The number of rotatable bonds is 3. The van der Waals surface area contributed by atoms with E-state index in [-0.39, 0.29) is 5.91 Å². The van der Waals surface area contributed by atoms with Crippen LogP contribution in [0.1, 0.15) is 36.0 Å². The average molecular weight is 306 g/mol. The highest BCUT2D eigenvalue weighted by molar-refractivity contribution is 5.94. The molecule has 0 atom stereocenters. The number of nitrogens with zero attached hydrogens (tertiary/aromatic N) is 1. The molecule has 4 nitrogen and oxygen atoms in total. The highest BCUT2D eigenvalue weighted by Gasteiger charge is 2.18. The summed E-state index contributed by atoms with van der Waals surface area (Å²) in [7, 11) is 0. The van der Waals surface area contributed by atoms with Gasteiger partial charge in [0.2, 0.25) is 5.89 Å². The van der Waals surface area contributed by atoms with Gasteiger partial charge in [-0.3, -0.25) is 4.79 Å². The SMILES string of the molecule is O=C(NC1CCCC1)c1ccc(-c2nc3ccccc3o2)cc1. The minimum absolute atomic E-state index is 0.000940. The fourth-order valence-electron chi connectivity index (χ4n) is 3.10. The summed E-state index contributed by atoms with van der Waals surface area (Å²) < 4.78 is 5.75. The smallest absolute Gasteiger partial charge is 0.251 e. The van der Waals surface area contributed by atoms with Gasteiger partial charge >= 0.3 is 0 Å². The lowest BCUT2D eigenvalue weighted by Gasteiger charge is -2.11. The second kappa shape index (κ2) is 5.88. The molecule has 1 aliphatic rings. The first-order valence-corrected chi connectivity index (χ1v) is 8.06. The molecule has 23 heavy (non-hydrogen) atoms. The van der Waals surface area contributed by atoms with E-state index in [0.29, 0.717) is 17.5 Å². The summed E-state index contributed by atoms with van der Waals surface area (Å²) >= 11 is 0. The van der Waals surface area contributed by atoms with Gasteiger partial charge in [-0.25, -0.2) is 4.98 Å². The molecule has 4 heteroatoms. The van der Waals surface area contributed by atoms with E-state index in [1.807, 2.05) is 48.5 Å². The summed E-state index contributed by atoms with van der Waals surface area (Å²) in [6.45, 7) is 0. The first-order valence-electron chi connectivity index (χ1n) is 8.06. The molecule has 4 rings (SSSR count). The van der Waals surface area contributed by atoms with E-state index >= 15 is 0 Å². The first kappa shape index (κ1) is 14.0. The summed E-state index contributed by atoms with van der Waals surface area (Å²) in [5, 5.41) is 3.10. The van der Waals surface area contributed by atoms with E-state index < -0.39 is 0 Å². The molecule has 1 N–H and O–H groups in total. The minimum atomic E-state index is 0.000940. The van der Waals surface area contributed by atoms with Crippen molar-refractivity contribution in [3.8, 4) is 11.5 Å². The van der Waals surface area contributed by atoms with Gasteiger partial charge in [-0.2, -0.15) is 0 Å². The maximum atomic E-state index is 12.2. The van der Waals surface area contributed by atoms with Crippen LogP contribution in [0.25, 0.3) is 22.6 Å². The summed E-state index contributed by atoms with van der Waals surface area (Å²) in [6, 6.07) is 15.4. The van der Waals surface area contributed by atoms with Crippen molar-refractivity contribution in [3.63, 3.8) is 0 Å². The van der Waals surface area contributed by atoms with E-state index in [9.17, 15) is 4.79 Å². The van der Waals surface area contributed by atoms with E-state index in [1.165, 1.54) is 12.8 Å². The zero-order valence-corrected chi connectivity index (χ0v) is 12.8. The fourth-order valence-corrected chi connectivity index (χ4v) is 3.10. The van der Waals surface area contributed by atoms with Gasteiger partial charge in [-0.05, 0) is 49.2 Å². The van der Waals surface area contributed by atoms with Gasteiger partial charge in [-0.1, -0.05) is 25.0 Å². The number of nitrogens with one attached hydrogen (secondary N) is 1. The van der Waals surface area contributed by atoms with Crippen LogP contribution in [-0.4, -0.2) is 16.9 Å². The number of amides is 1. The molecule has 0 spiro atoms. The van der Waals surface area contributed by atoms with Crippen molar-refractivity contribution in [2.45, 2.75) is 31.7 Å². The number of aromatic nitrogens is 1. The number of oxazole rings is 1. The van der Waals surface area contributed by atoms with E-state index in [2.05, 4.69) is 10.3 Å². The molecule has 0 unspecified atom stereocenters. The van der Waals surface area contributed by atoms with Crippen molar-refractivity contribution >= 4 is 17.0 Å². The zero-order chi connectivity index (χ0) is 15.6. The van der Waals surface area contributed by atoms with Crippen LogP contribution in [0.4, 0.5) is 0 Å². The Labute approximate surface area is 134 Å². The highest BCUT2D eigenvalue weighted by atomic mass is 16.3. The van der Waals surface area contributed by atoms with Crippen molar-refractivity contribution in [3.05, 3.63) is 54.1 Å². The Morgan fingerprint density at radius 3 is 2.52 bits per heavy atom. The molecular weight excluding hydrogens is 288 g/mol. The lowest BCUT2D eigenvalue weighted by molar-refractivity contribution is 0.0938. The van der Waals surface area contributed by atoms with Gasteiger partial charge < -0.3 is 9.73 Å². The molecule has 2 aromatic carbocycles. The van der Waals surface area contributed by atoms with Gasteiger partial charge in [0.15, 0.2) is 5.58 Å². The minimum Gasteiger partial charge on any atom is -0.436 e. The third-order valence-corrected chi connectivity index (χ3v) is 4.38. The summed E-state index contributed by atoms with van der Waals surface area (Å²) in [5.74, 6) is 0.579. The number of hydrogen-bond acceptors (Lipinski definition) is 3. The Morgan fingerprint density at radius 1 is 1.04 bits per heavy atom. The molecule has 1 fully saturated rings. The van der Waals surface area contributed by atoms with Crippen molar-refractivity contribution in [2.75, 3.05) is 0 Å². The zero-order valence-electron chi connectivity index (χ0n) is 12.8. The lowest BCUT2D eigenvalue weighted by Crippen LogP contribution is -2.32. The normalized spacial score (nSPS) is 15.1. The van der Waals surface area contributed by atoms with Crippen molar-refractivity contribution in [2.24, 2.45) is 0 Å². The van der Waals surface area contributed by atoms with Crippen LogP contribution in [-0.2, 0) is 0 Å². The molecule has 1 amide bonds. The van der Waals surface area contributed by atoms with Gasteiger partial charge in [0, 0.05) is 17.2 Å². The van der Waals surface area contributed by atoms with Crippen molar-refractivity contribution in [1.29, 1.82) is 0 Å². The molecule has 116 valence electrons. The standard InChI is InChI=1S/C19H18N2O2/c22-18(20-15-5-1-2-6-15)13-9-11-14(12-10-13)19-21-16-7-3-4-8-17(16)23-19/h3-4,7-12,15H,1-2,5-6H2,(H,20,22). The van der Waals surface area contributed by atoms with Gasteiger partial charge in [0.05, 0.1) is 0 Å². The number of hydrogen-bond donors (Lipinski definition) is 1. The molecule has 1 heterocycles. The monoisotopic (exact) mass is 306 g/mol. The summed E-state index contributed by atoms with van der Waals surface area (Å²) in [4.78, 5) is 16.7. The van der Waals surface area contributed by atoms with Crippen LogP contribution in [0.15, 0.2) is 52.9 Å².